The molecule has 0 fully saturated rings. The molecule has 2 amide bonds. The number of carbonyl (C=O) groups excluding carboxylic acids is 2. The fourth-order valence-corrected chi connectivity index (χ4v) is 3.52. The van der Waals surface area contributed by atoms with Crippen molar-refractivity contribution in [2.75, 3.05) is 5.32 Å². The van der Waals surface area contributed by atoms with E-state index in [1.165, 1.54) is 11.3 Å². The van der Waals surface area contributed by atoms with Gasteiger partial charge in [0.2, 0.25) is 0 Å². The van der Waals surface area contributed by atoms with Gasteiger partial charge in [-0.3, -0.25) is 9.59 Å². The fourth-order valence-electron chi connectivity index (χ4n) is 2.32. The molecule has 0 unspecified atom stereocenters. The van der Waals surface area contributed by atoms with E-state index in [2.05, 4.69) is 31.8 Å². The Morgan fingerprint density at radius 1 is 1.00 bits per heavy atom. The van der Waals surface area contributed by atoms with Crippen LogP contribution in [0.5, 0.6) is 0 Å². The second-order valence-electron chi connectivity index (χ2n) is 5.78. The van der Waals surface area contributed by atoms with Crippen LogP contribution in [0.4, 0.5) is 5.69 Å². The highest BCUT2D eigenvalue weighted by atomic mass is 79.9. The van der Waals surface area contributed by atoms with E-state index in [0.29, 0.717) is 26.2 Å². The van der Waals surface area contributed by atoms with Crippen molar-refractivity contribution in [3.8, 4) is 0 Å². The molecule has 3 aromatic rings. The number of nitrogens with zero attached hydrogens (tertiary/aromatic N) is 1. The summed E-state index contributed by atoms with van der Waals surface area (Å²) >= 11 is 10.4. The van der Waals surface area contributed by atoms with Gasteiger partial charge in [0.25, 0.3) is 11.8 Å². The Hall–Kier alpha value is -2.48. The van der Waals surface area contributed by atoms with Crippen LogP contribution in [0.3, 0.4) is 0 Å². The molecule has 0 atom stereocenters. The molecule has 0 aliphatic heterocycles. The number of halogens is 2. The molecule has 0 bridgehead atoms. The first-order chi connectivity index (χ1) is 13.4. The molecule has 28 heavy (non-hydrogen) atoms. The molecule has 0 aliphatic rings. The Bertz CT molecular complexity index is 1050. The van der Waals surface area contributed by atoms with E-state index in [0.717, 1.165) is 10.0 Å². The lowest BCUT2D eigenvalue weighted by Crippen LogP contribution is -2.19. The molecule has 0 saturated heterocycles. The van der Waals surface area contributed by atoms with Gasteiger partial charge in [-0.1, -0.05) is 39.7 Å². The molecule has 1 aromatic heterocycles. The number of hydrogen-bond acceptors (Lipinski definition) is 4. The van der Waals surface area contributed by atoms with Crippen LogP contribution in [0.2, 0.25) is 4.34 Å². The number of hydrazone groups is 1. The van der Waals surface area contributed by atoms with Crippen molar-refractivity contribution in [3.05, 3.63) is 85.5 Å². The Balaban J connectivity index is 1.68. The monoisotopic (exact) mass is 475 g/mol. The predicted molar refractivity (Wildman–Crippen MR) is 118 cm³/mol. The Labute approximate surface area is 179 Å². The van der Waals surface area contributed by atoms with Crippen LogP contribution in [-0.4, -0.2) is 17.5 Å². The van der Waals surface area contributed by atoms with Crippen LogP contribution in [0.15, 0.2) is 70.2 Å². The number of benzene rings is 2. The second-order valence-corrected chi connectivity index (χ2v) is 8.41. The molecular formula is C20H15BrClN3O2S. The van der Waals surface area contributed by atoms with Gasteiger partial charge in [-0.2, -0.15) is 5.10 Å². The maximum absolute atomic E-state index is 12.3. The minimum Gasteiger partial charge on any atom is -0.321 e. The first kappa shape index (κ1) is 20.3. The largest absolute Gasteiger partial charge is 0.321 e. The normalized spacial score (nSPS) is 11.2. The van der Waals surface area contributed by atoms with Gasteiger partial charge in [0.1, 0.15) is 0 Å². The topological polar surface area (TPSA) is 70.6 Å². The van der Waals surface area contributed by atoms with Crippen molar-refractivity contribution in [2.45, 2.75) is 6.92 Å². The summed E-state index contributed by atoms with van der Waals surface area (Å²) in [6.07, 6.45) is 0. The third-order valence-corrected chi connectivity index (χ3v) is 5.53. The minimum atomic E-state index is -0.300. The van der Waals surface area contributed by atoms with Gasteiger partial charge in [-0.25, -0.2) is 5.43 Å². The predicted octanol–water partition coefficient (Wildman–Crippen LogP) is 5.57. The van der Waals surface area contributed by atoms with Crippen LogP contribution in [0, 0.1) is 0 Å². The van der Waals surface area contributed by atoms with Gasteiger partial charge >= 0.3 is 0 Å². The number of rotatable bonds is 5. The number of carbonyl (C=O) groups is 2. The summed E-state index contributed by atoms with van der Waals surface area (Å²) in [5, 5.41) is 6.98. The maximum Gasteiger partial charge on any atom is 0.271 e. The van der Waals surface area contributed by atoms with Crippen LogP contribution < -0.4 is 10.7 Å². The molecule has 2 N–H and O–H groups in total. The van der Waals surface area contributed by atoms with Crippen LogP contribution >= 0.6 is 38.9 Å². The van der Waals surface area contributed by atoms with Crippen molar-refractivity contribution in [1.29, 1.82) is 0 Å². The summed E-state index contributed by atoms with van der Waals surface area (Å²) in [4.78, 5) is 24.9. The van der Waals surface area contributed by atoms with Gasteiger partial charge in [0, 0.05) is 15.7 Å². The third-order valence-electron chi connectivity index (χ3n) is 3.77. The van der Waals surface area contributed by atoms with Crippen LogP contribution in [0.1, 0.15) is 32.5 Å². The average Bonchev–Trinajstić information content (AvgIpc) is 3.13. The number of anilines is 1. The zero-order chi connectivity index (χ0) is 20.1. The quantitative estimate of drug-likeness (QED) is 0.373. The number of hydrogen-bond donors (Lipinski definition) is 2. The molecule has 2 aromatic carbocycles. The molecular weight excluding hydrogens is 462 g/mol. The standard InChI is InChI=1S/C20H15BrClN3O2S/c1-12(24-25-19(26)13-5-7-15(21)8-6-13)14-3-2-4-16(11-14)23-20(27)17-9-10-18(22)28-17/h2-11H,1H3,(H,23,27)(H,25,26). The van der Waals surface area contributed by atoms with E-state index >= 15 is 0 Å². The summed E-state index contributed by atoms with van der Waals surface area (Å²) in [6.45, 7) is 1.78. The highest BCUT2D eigenvalue weighted by Crippen LogP contribution is 2.22. The molecule has 0 radical (unpaired) electrons. The fraction of sp³-hybridized carbons (Fsp3) is 0.0500. The molecule has 0 aliphatic carbocycles. The molecule has 8 heteroatoms. The van der Waals surface area contributed by atoms with Crippen molar-refractivity contribution >= 4 is 62.1 Å². The second kappa shape index (κ2) is 9.14. The zero-order valence-electron chi connectivity index (χ0n) is 14.7. The average molecular weight is 477 g/mol. The van der Waals surface area contributed by atoms with Gasteiger partial charge < -0.3 is 5.32 Å². The smallest absolute Gasteiger partial charge is 0.271 e. The van der Waals surface area contributed by atoms with E-state index in [4.69, 9.17) is 11.6 Å². The Kier molecular flexibility index (Phi) is 6.61. The highest BCUT2D eigenvalue weighted by Gasteiger charge is 2.10. The number of nitrogens with one attached hydrogen (secondary N) is 2. The molecule has 1 heterocycles. The third kappa shape index (κ3) is 5.28. The maximum atomic E-state index is 12.3. The van der Waals surface area contributed by atoms with Gasteiger partial charge in [0.15, 0.2) is 0 Å². The summed E-state index contributed by atoms with van der Waals surface area (Å²) in [5.74, 6) is -0.530. The van der Waals surface area contributed by atoms with E-state index in [1.54, 1.807) is 55.5 Å². The molecule has 0 spiro atoms. The Morgan fingerprint density at radius 2 is 1.75 bits per heavy atom. The van der Waals surface area contributed by atoms with E-state index in [-0.39, 0.29) is 11.8 Å². The summed E-state index contributed by atoms with van der Waals surface area (Å²) in [5.41, 5.74) is 5.06. The van der Waals surface area contributed by atoms with Crippen LogP contribution in [-0.2, 0) is 0 Å². The van der Waals surface area contributed by atoms with Crippen molar-refractivity contribution in [1.82, 2.24) is 5.43 Å². The molecule has 3 rings (SSSR count). The van der Waals surface area contributed by atoms with Crippen molar-refractivity contribution < 1.29 is 9.59 Å². The lowest BCUT2D eigenvalue weighted by molar-refractivity contribution is 0.0954. The van der Waals surface area contributed by atoms with Crippen molar-refractivity contribution in [2.24, 2.45) is 5.10 Å². The van der Waals surface area contributed by atoms with Gasteiger partial charge in [0.05, 0.1) is 14.9 Å². The summed E-state index contributed by atoms with van der Waals surface area (Å²) in [7, 11) is 0. The first-order valence-corrected chi connectivity index (χ1v) is 10.2. The summed E-state index contributed by atoms with van der Waals surface area (Å²) in [6, 6.07) is 17.6. The van der Waals surface area contributed by atoms with E-state index in [1.807, 2.05) is 12.1 Å². The van der Waals surface area contributed by atoms with E-state index in [9.17, 15) is 9.59 Å². The first-order valence-electron chi connectivity index (χ1n) is 8.20. The van der Waals surface area contributed by atoms with E-state index < -0.39 is 0 Å². The zero-order valence-corrected chi connectivity index (χ0v) is 17.9. The lowest BCUT2D eigenvalue weighted by atomic mass is 10.1. The molecule has 142 valence electrons. The molecule has 5 nitrogen and oxygen atoms in total. The van der Waals surface area contributed by atoms with Crippen LogP contribution in [0.25, 0.3) is 0 Å². The SMILES string of the molecule is CC(=NNC(=O)c1ccc(Br)cc1)c1cccc(NC(=O)c2ccc(Cl)s2)c1. The number of amides is 2. The Morgan fingerprint density at radius 3 is 2.43 bits per heavy atom. The van der Waals surface area contributed by atoms with Crippen molar-refractivity contribution in [3.63, 3.8) is 0 Å². The summed E-state index contributed by atoms with van der Waals surface area (Å²) < 4.78 is 1.45. The van der Waals surface area contributed by atoms with Gasteiger partial charge in [-0.05, 0) is 61.0 Å². The molecule has 0 saturated carbocycles. The lowest BCUT2D eigenvalue weighted by Gasteiger charge is -2.07. The number of thiophene rings is 1. The van der Waals surface area contributed by atoms with Gasteiger partial charge in [-0.15, -0.1) is 11.3 Å². The minimum absolute atomic E-state index is 0.229. The highest BCUT2D eigenvalue weighted by molar-refractivity contribution is 9.10.